The molecule has 0 spiro atoms. The summed E-state index contributed by atoms with van der Waals surface area (Å²) < 4.78 is 13.7. The van der Waals surface area contributed by atoms with Crippen LogP contribution in [0.5, 0.6) is 0 Å². The van der Waals surface area contributed by atoms with E-state index in [0.717, 1.165) is 22.6 Å². The molecule has 0 saturated heterocycles. The van der Waals surface area contributed by atoms with Crippen molar-refractivity contribution in [2.75, 3.05) is 7.05 Å². The molecule has 0 aliphatic heterocycles. The zero-order chi connectivity index (χ0) is 32.5. The fourth-order valence-corrected chi connectivity index (χ4v) is 5.86. The van der Waals surface area contributed by atoms with Crippen LogP contribution in [0.25, 0.3) is 17.2 Å². The third-order valence-corrected chi connectivity index (χ3v) is 8.26. The smallest absolute Gasteiger partial charge is 0.131 e. The van der Waals surface area contributed by atoms with Crippen molar-refractivity contribution in [1.82, 2.24) is 0 Å². The minimum atomic E-state index is -1.30. The summed E-state index contributed by atoms with van der Waals surface area (Å²) in [7, 11) is 1.50. The van der Waals surface area contributed by atoms with Crippen molar-refractivity contribution in [2.45, 2.75) is 111 Å². The monoisotopic (exact) mass is 583 g/mol. The summed E-state index contributed by atoms with van der Waals surface area (Å²) in [5.74, 6) is 3.75. The van der Waals surface area contributed by atoms with Crippen molar-refractivity contribution in [3.05, 3.63) is 101 Å². The molecule has 0 amide bonds. The van der Waals surface area contributed by atoms with Crippen LogP contribution >= 0.6 is 0 Å². The lowest BCUT2D eigenvalue weighted by molar-refractivity contribution is 0.221. The average Bonchev–Trinajstić information content (AvgIpc) is 3.49. The maximum atomic E-state index is 13.7. The fraction of sp³-hybridized carbons (Fsp3) is 0.463. The molecule has 3 aromatic rings. The van der Waals surface area contributed by atoms with Crippen LogP contribution < -0.4 is 5.73 Å². The predicted molar refractivity (Wildman–Crippen MR) is 190 cm³/mol. The second-order valence-electron chi connectivity index (χ2n) is 12.5. The van der Waals surface area contributed by atoms with Gasteiger partial charge in [0.1, 0.15) is 5.67 Å². The highest BCUT2D eigenvalue weighted by molar-refractivity contribution is 5.65. The molecule has 0 atom stereocenters. The third kappa shape index (κ3) is 12.5. The second kappa shape index (κ2) is 19.2. The summed E-state index contributed by atoms with van der Waals surface area (Å²) >= 11 is 0. The summed E-state index contributed by atoms with van der Waals surface area (Å²) in [6, 6.07) is 23.0. The summed E-state index contributed by atoms with van der Waals surface area (Å²) in [6.45, 7) is 18.0. The lowest BCUT2D eigenvalue weighted by atomic mass is 9.75. The van der Waals surface area contributed by atoms with Gasteiger partial charge in [-0.1, -0.05) is 145 Å². The number of halogens is 1. The van der Waals surface area contributed by atoms with Crippen molar-refractivity contribution in [3.8, 4) is 23.5 Å². The minimum Gasteiger partial charge on any atom is -0.333 e. The van der Waals surface area contributed by atoms with Gasteiger partial charge in [0.15, 0.2) is 0 Å². The van der Waals surface area contributed by atoms with Gasteiger partial charge in [-0.15, -0.1) is 6.42 Å². The SMILES string of the molecule is C#Cc1cccc(-c2ccc(C(C)(CCC)CCC)cc2)c1.C=Cc1ccc(C)cc1C(C)(C)F.CC1CCCC1.CN. The Labute approximate surface area is 264 Å². The molecular formula is C41H58FN. The van der Waals surface area contributed by atoms with E-state index in [-0.39, 0.29) is 0 Å². The highest BCUT2D eigenvalue weighted by atomic mass is 19.1. The number of hydrogen-bond donors (Lipinski definition) is 1. The first-order valence-electron chi connectivity index (χ1n) is 16.1. The first-order chi connectivity index (χ1) is 20.5. The van der Waals surface area contributed by atoms with Gasteiger partial charge in [0.2, 0.25) is 0 Å². The Kier molecular flexibility index (Phi) is 16.9. The Morgan fingerprint density at radius 2 is 1.49 bits per heavy atom. The number of aryl methyl sites for hydroxylation is 1. The highest BCUT2D eigenvalue weighted by Crippen LogP contribution is 2.35. The Hall–Kier alpha value is -3.15. The van der Waals surface area contributed by atoms with Gasteiger partial charge in [-0.25, -0.2) is 4.39 Å². The molecule has 1 aliphatic carbocycles. The Balaban J connectivity index is 0.000000369. The largest absolute Gasteiger partial charge is 0.333 e. The van der Waals surface area contributed by atoms with E-state index in [1.54, 1.807) is 19.9 Å². The van der Waals surface area contributed by atoms with E-state index in [2.05, 4.69) is 82.3 Å². The Morgan fingerprint density at radius 3 is 1.93 bits per heavy atom. The minimum absolute atomic E-state index is 0.294. The summed E-state index contributed by atoms with van der Waals surface area (Å²) in [6.07, 6.45) is 18.1. The zero-order valence-electron chi connectivity index (χ0n) is 28.4. The molecule has 1 aliphatic rings. The van der Waals surface area contributed by atoms with Gasteiger partial charge in [0.25, 0.3) is 0 Å². The molecule has 0 aromatic heterocycles. The molecule has 43 heavy (non-hydrogen) atoms. The van der Waals surface area contributed by atoms with Gasteiger partial charge in [0, 0.05) is 5.56 Å². The lowest BCUT2D eigenvalue weighted by Gasteiger charge is -2.30. The van der Waals surface area contributed by atoms with Crippen LogP contribution in [0, 0.1) is 25.2 Å². The number of terminal acetylenes is 1. The van der Waals surface area contributed by atoms with Crippen molar-refractivity contribution in [3.63, 3.8) is 0 Å². The van der Waals surface area contributed by atoms with Gasteiger partial charge in [-0.05, 0) is 91.9 Å². The molecule has 234 valence electrons. The topological polar surface area (TPSA) is 26.0 Å². The molecule has 2 N–H and O–H groups in total. The number of alkyl halides is 1. The van der Waals surface area contributed by atoms with Crippen LogP contribution in [0.1, 0.15) is 121 Å². The first-order valence-corrected chi connectivity index (χ1v) is 16.1. The van der Waals surface area contributed by atoms with E-state index in [1.165, 1.54) is 75.1 Å². The van der Waals surface area contributed by atoms with Gasteiger partial charge in [0.05, 0.1) is 0 Å². The van der Waals surface area contributed by atoms with Crippen LogP contribution in [-0.4, -0.2) is 7.05 Å². The maximum Gasteiger partial charge on any atom is 0.131 e. The Morgan fingerprint density at radius 1 is 0.907 bits per heavy atom. The van der Waals surface area contributed by atoms with Crippen LogP contribution in [0.3, 0.4) is 0 Å². The number of rotatable bonds is 8. The van der Waals surface area contributed by atoms with Gasteiger partial charge < -0.3 is 5.73 Å². The number of hydrogen-bond acceptors (Lipinski definition) is 1. The molecule has 4 rings (SSSR count). The quantitative estimate of drug-likeness (QED) is 0.262. The molecule has 0 heterocycles. The first kappa shape index (κ1) is 37.9. The molecule has 1 nitrogen and oxygen atoms in total. The summed E-state index contributed by atoms with van der Waals surface area (Å²) in [5.41, 5.74) is 11.0. The third-order valence-electron chi connectivity index (χ3n) is 8.26. The van der Waals surface area contributed by atoms with E-state index >= 15 is 0 Å². The normalized spacial score (nSPS) is 12.9. The van der Waals surface area contributed by atoms with Crippen molar-refractivity contribution >= 4 is 6.08 Å². The highest BCUT2D eigenvalue weighted by Gasteiger charge is 2.24. The van der Waals surface area contributed by atoms with Crippen molar-refractivity contribution in [1.29, 1.82) is 0 Å². The van der Waals surface area contributed by atoms with Crippen LogP contribution in [0.4, 0.5) is 4.39 Å². The standard InChI is InChI=1S/C22H26.C12H15F.C6H12.CH5N/c1-5-15-22(4,16-6-2)21-13-11-19(12-14-21)20-10-8-9-18(7-3)17-20;1-5-10-7-6-9(2)8-11(10)12(3,4)13;1-6-4-2-3-5-6;1-2/h3,8-14,17H,5-6,15-16H2,1-2,4H3;5-8H,1H2,2-4H3;6H,2-5H2,1H3;2H2,1H3. The molecular weight excluding hydrogens is 525 g/mol. The molecule has 2 heteroatoms. The molecule has 0 unspecified atom stereocenters. The zero-order valence-corrected chi connectivity index (χ0v) is 28.4. The van der Waals surface area contributed by atoms with E-state index < -0.39 is 5.67 Å². The molecule has 1 saturated carbocycles. The van der Waals surface area contributed by atoms with E-state index in [0.29, 0.717) is 11.0 Å². The number of benzene rings is 3. The van der Waals surface area contributed by atoms with Crippen LogP contribution in [0.2, 0.25) is 0 Å². The van der Waals surface area contributed by atoms with Gasteiger partial charge >= 0.3 is 0 Å². The number of nitrogens with two attached hydrogens (primary N) is 1. The van der Waals surface area contributed by atoms with Crippen LogP contribution in [0.15, 0.2) is 73.3 Å². The molecule has 0 bridgehead atoms. The van der Waals surface area contributed by atoms with Gasteiger partial charge in [-0.2, -0.15) is 0 Å². The molecule has 1 fully saturated rings. The summed E-state index contributed by atoms with van der Waals surface area (Å²) in [5, 5.41) is 0. The Bertz CT molecular complexity index is 1240. The maximum absolute atomic E-state index is 13.7. The van der Waals surface area contributed by atoms with Crippen LogP contribution in [-0.2, 0) is 11.1 Å². The fourth-order valence-electron chi connectivity index (χ4n) is 5.86. The van der Waals surface area contributed by atoms with E-state index in [4.69, 9.17) is 6.42 Å². The summed E-state index contributed by atoms with van der Waals surface area (Å²) in [4.78, 5) is 0. The van der Waals surface area contributed by atoms with E-state index in [9.17, 15) is 4.39 Å². The average molecular weight is 584 g/mol. The second-order valence-corrected chi connectivity index (χ2v) is 12.5. The molecule has 3 aromatic carbocycles. The lowest BCUT2D eigenvalue weighted by Crippen LogP contribution is -2.21. The predicted octanol–water partition coefficient (Wildman–Crippen LogP) is 11.8. The van der Waals surface area contributed by atoms with Crippen molar-refractivity contribution in [2.24, 2.45) is 11.7 Å². The van der Waals surface area contributed by atoms with E-state index in [1.807, 2.05) is 37.3 Å². The molecule has 0 radical (unpaired) electrons. The van der Waals surface area contributed by atoms with Gasteiger partial charge in [-0.3, -0.25) is 0 Å². The van der Waals surface area contributed by atoms with Crippen molar-refractivity contribution < 1.29 is 4.39 Å².